The van der Waals surface area contributed by atoms with Crippen molar-refractivity contribution in [3.63, 3.8) is 0 Å². The standard InChI is InChI=1S/C26H25FN4O4S/c1-17-6-4-9-22(12-17)31-18(2)28-29-26(31)36-25(15-30(32)33)20-10-11-23(24(14-20)34-3)35-16-19-7-5-8-21(27)13-19/h4-14,25H,15-16H2,1-3H3/t25-/m0/s1. The fourth-order valence-corrected chi connectivity index (χ4v) is 4.91. The molecule has 4 aromatic rings. The zero-order chi connectivity index (χ0) is 25.7. The van der Waals surface area contributed by atoms with E-state index in [0.29, 0.717) is 33.6 Å². The van der Waals surface area contributed by atoms with Gasteiger partial charge in [-0.15, -0.1) is 10.2 Å². The predicted molar refractivity (Wildman–Crippen MR) is 135 cm³/mol. The summed E-state index contributed by atoms with van der Waals surface area (Å²) in [5.41, 5.74) is 3.33. The van der Waals surface area contributed by atoms with Crippen molar-refractivity contribution in [3.05, 3.63) is 105 Å². The Bertz CT molecular complexity index is 1380. The molecule has 0 spiro atoms. The first-order chi connectivity index (χ1) is 17.3. The molecule has 0 aliphatic carbocycles. The number of aromatic nitrogens is 3. The van der Waals surface area contributed by atoms with Crippen molar-refractivity contribution in [3.8, 4) is 17.2 Å². The summed E-state index contributed by atoms with van der Waals surface area (Å²) in [6.45, 7) is 3.67. The summed E-state index contributed by atoms with van der Waals surface area (Å²) in [6, 6.07) is 19.2. The van der Waals surface area contributed by atoms with E-state index in [2.05, 4.69) is 10.2 Å². The zero-order valence-electron chi connectivity index (χ0n) is 20.1. The molecule has 0 saturated carbocycles. The maximum Gasteiger partial charge on any atom is 0.220 e. The molecule has 36 heavy (non-hydrogen) atoms. The molecule has 0 fully saturated rings. The van der Waals surface area contributed by atoms with E-state index in [0.717, 1.165) is 11.3 Å². The normalized spacial score (nSPS) is 11.8. The molecule has 1 aromatic heterocycles. The van der Waals surface area contributed by atoms with Gasteiger partial charge in [0.25, 0.3) is 0 Å². The van der Waals surface area contributed by atoms with E-state index in [9.17, 15) is 14.5 Å². The molecule has 1 heterocycles. The predicted octanol–water partition coefficient (Wildman–Crippen LogP) is 5.72. The molecule has 0 unspecified atom stereocenters. The summed E-state index contributed by atoms with van der Waals surface area (Å²) in [5.74, 6) is 1.22. The highest BCUT2D eigenvalue weighted by Crippen LogP contribution is 2.39. The number of methoxy groups -OCH3 is 1. The molecule has 0 amide bonds. The highest BCUT2D eigenvalue weighted by molar-refractivity contribution is 7.99. The van der Waals surface area contributed by atoms with E-state index in [-0.39, 0.29) is 23.9 Å². The Hall–Kier alpha value is -3.92. The second-order valence-electron chi connectivity index (χ2n) is 8.15. The number of thioether (sulfide) groups is 1. The summed E-state index contributed by atoms with van der Waals surface area (Å²) < 4.78 is 26.7. The van der Waals surface area contributed by atoms with Crippen molar-refractivity contribution in [1.29, 1.82) is 0 Å². The van der Waals surface area contributed by atoms with Crippen molar-refractivity contribution < 1.29 is 18.8 Å². The van der Waals surface area contributed by atoms with E-state index < -0.39 is 5.25 Å². The van der Waals surface area contributed by atoms with Gasteiger partial charge in [-0.05, 0) is 66.9 Å². The molecule has 186 valence electrons. The highest BCUT2D eigenvalue weighted by Gasteiger charge is 2.25. The van der Waals surface area contributed by atoms with Gasteiger partial charge in [-0.2, -0.15) is 0 Å². The fourth-order valence-electron chi connectivity index (χ4n) is 3.75. The lowest BCUT2D eigenvalue weighted by molar-refractivity contribution is -0.479. The average Bonchev–Trinajstić information content (AvgIpc) is 3.21. The second kappa shape index (κ2) is 11.2. The molecular formula is C26H25FN4O4S. The second-order valence-corrected chi connectivity index (χ2v) is 9.32. The van der Waals surface area contributed by atoms with Crippen LogP contribution in [0.15, 0.2) is 71.9 Å². The van der Waals surface area contributed by atoms with Gasteiger partial charge in [0, 0.05) is 10.6 Å². The number of nitrogens with zero attached hydrogens (tertiary/aromatic N) is 4. The van der Waals surface area contributed by atoms with Crippen LogP contribution in [0.3, 0.4) is 0 Å². The first kappa shape index (κ1) is 25.2. The minimum absolute atomic E-state index is 0.152. The van der Waals surface area contributed by atoms with Gasteiger partial charge in [-0.3, -0.25) is 14.7 Å². The smallest absolute Gasteiger partial charge is 0.220 e. The molecular weight excluding hydrogens is 483 g/mol. The van der Waals surface area contributed by atoms with Crippen LogP contribution < -0.4 is 9.47 Å². The van der Waals surface area contributed by atoms with Crippen molar-refractivity contribution in [2.24, 2.45) is 0 Å². The largest absolute Gasteiger partial charge is 0.493 e. The minimum Gasteiger partial charge on any atom is -0.493 e. The van der Waals surface area contributed by atoms with Crippen molar-refractivity contribution in [2.45, 2.75) is 30.9 Å². The van der Waals surface area contributed by atoms with E-state index in [1.54, 1.807) is 30.3 Å². The Morgan fingerprint density at radius 3 is 2.58 bits per heavy atom. The average molecular weight is 509 g/mol. The maximum atomic E-state index is 13.5. The number of nitro groups is 1. The van der Waals surface area contributed by atoms with Gasteiger partial charge in [0.2, 0.25) is 6.54 Å². The SMILES string of the molecule is COc1cc([C@H](C[N+](=O)[O-])Sc2nnc(C)n2-c2cccc(C)c2)ccc1OCc1cccc(F)c1. The van der Waals surface area contributed by atoms with Crippen LogP contribution in [0, 0.1) is 29.8 Å². The number of rotatable bonds is 10. The van der Waals surface area contributed by atoms with Crippen LogP contribution in [0.2, 0.25) is 0 Å². The van der Waals surface area contributed by atoms with Gasteiger partial charge in [-0.25, -0.2) is 4.39 Å². The van der Waals surface area contributed by atoms with E-state index in [1.807, 2.05) is 42.7 Å². The molecule has 0 N–H and O–H groups in total. The van der Waals surface area contributed by atoms with Crippen LogP contribution >= 0.6 is 11.8 Å². The Kier molecular flexibility index (Phi) is 7.84. The van der Waals surface area contributed by atoms with Crippen LogP contribution in [-0.2, 0) is 6.61 Å². The van der Waals surface area contributed by atoms with Gasteiger partial charge in [0.15, 0.2) is 16.7 Å². The third-order valence-electron chi connectivity index (χ3n) is 5.46. The van der Waals surface area contributed by atoms with Crippen molar-refractivity contribution >= 4 is 11.8 Å². The molecule has 1 atom stereocenters. The molecule has 0 saturated heterocycles. The lowest BCUT2D eigenvalue weighted by atomic mass is 10.1. The van der Waals surface area contributed by atoms with Crippen molar-refractivity contribution in [2.75, 3.05) is 13.7 Å². The first-order valence-corrected chi connectivity index (χ1v) is 12.0. The Labute approximate surface area is 212 Å². The first-order valence-electron chi connectivity index (χ1n) is 11.2. The third-order valence-corrected chi connectivity index (χ3v) is 6.64. The summed E-state index contributed by atoms with van der Waals surface area (Å²) in [6.07, 6.45) is 0. The third kappa shape index (κ3) is 6.01. The number of ether oxygens (including phenoxy) is 2. The van der Waals surface area contributed by atoms with Crippen LogP contribution in [0.5, 0.6) is 11.5 Å². The number of halogens is 1. The number of aryl methyl sites for hydroxylation is 2. The van der Waals surface area contributed by atoms with Gasteiger partial charge in [-0.1, -0.05) is 42.1 Å². The molecule has 0 aliphatic rings. The lowest BCUT2D eigenvalue weighted by Crippen LogP contribution is -2.11. The molecule has 3 aromatic carbocycles. The van der Waals surface area contributed by atoms with Crippen molar-refractivity contribution in [1.82, 2.24) is 14.8 Å². The topological polar surface area (TPSA) is 92.3 Å². The van der Waals surface area contributed by atoms with E-state index in [4.69, 9.17) is 9.47 Å². The molecule has 8 nitrogen and oxygen atoms in total. The number of hydrogen-bond acceptors (Lipinski definition) is 7. The lowest BCUT2D eigenvalue weighted by Gasteiger charge is -2.17. The quantitative estimate of drug-likeness (QED) is 0.154. The van der Waals surface area contributed by atoms with Crippen LogP contribution in [0.25, 0.3) is 5.69 Å². The monoisotopic (exact) mass is 508 g/mol. The zero-order valence-corrected chi connectivity index (χ0v) is 20.9. The summed E-state index contributed by atoms with van der Waals surface area (Å²) in [4.78, 5) is 11.2. The summed E-state index contributed by atoms with van der Waals surface area (Å²) >= 11 is 1.26. The molecule has 4 rings (SSSR count). The molecule has 0 radical (unpaired) electrons. The van der Waals surface area contributed by atoms with Gasteiger partial charge in [0.05, 0.1) is 7.11 Å². The van der Waals surface area contributed by atoms with Gasteiger partial charge in [0.1, 0.15) is 23.5 Å². The minimum atomic E-state index is -0.557. The van der Waals surface area contributed by atoms with Crippen LogP contribution in [0.4, 0.5) is 4.39 Å². The maximum absolute atomic E-state index is 13.5. The number of benzene rings is 3. The summed E-state index contributed by atoms with van der Waals surface area (Å²) in [7, 11) is 1.50. The highest BCUT2D eigenvalue weighted by atomic mass is 32.2. The van der Waals surface area contributed by atoms with Crippen LogP contribution in [-0.4, -0.2) is 33.3 Å². The van der Waals surface area contributed by atoms with E-state index in [1.165, 1.54) is 31.0 Å². The Morgan fingerprint density at radius 2 is 1.86 bits per heavy atom. The fraction of sp³-hybridized carbons (Fsp3) is 0.231. The van der Waals surface area contributed by atoms with Gasteiger partial charge < -0.3 is 9.47 Å². The van der Waals surface area contributed by atoms with E-state index >= 15 is 0 Å². The number of hydrogen-bond donors (Lipinski definition) is 0. The molecule has 10 heteroatoms. The van der Waals surface area contributed by atoms with Gasteiger partial charge >= 0.3 is 0 Å². The Morgan fingerprint density at radius 1 is 1.06 bits per heavy atom. The van der Waals surface area contributed by atoms with Crippen LogP contribution in [0.1, 0.15) is 27.8 Å². The molecule has 0 bridgehead atoms. The Balaban J connectivity index is 1.61. The summed E-state index contributed by atoms with van der Waals surface area (Å²) in [5, 5.41) is 20.0. The molecule has 0 aliphatic heterocycles.